The van der Waals surface area contributed by atoms with E-state index < -0.39 is 23.5 Å². The zero-order valence-electron chi connectivity index (χ0n) is 21.7. The molecule has 1 aromatic heterocycles. The summed E-state index contributed by atoms with van der Waals surface area (Å²) >= 11 is 1.39. The minimum atomic E-state index is -0.799. The Bertz CT molecular complexity index is 1270. The SMILES string of the molecule is Cc1ccc(C(=O)N(c2sc(-c3ccccc3)cc2C(=O)OC(C)(C)C)C2CCC(C(=O)O)CC2)cc1. The molecule has 6 nitrogen and oxygen atoms in total. The molecule has 2 aromatic carbocycles. The summed E-state index contributed by atoms with van der Waals surface area (Å²) in [5.74, 6) is -1.90. The molecule has 0 atom stereocenters. The van der Waals surface area contributed by atoms with Gasteiger partial charge in [0.05, 0.1) is 11.5 Å². The molecule has 0 saturated heterocycles. The van der Waals surface area contributed by atoms with Crippen LogP contribution in [0.15, 0.2) is 60.7 Å². The predicted molar refractivity (Wildman–Crippen MR) is 146 cm³/mol. The highest BCUT2D eigenvalue weighted by molar-refractivity contribution is 7.20. The molecule has 0 aliphatic heterocycles. The molecule has 0 spiro atoms. The summed E-state index contributed by atoms with van der Waals surface area (Å²) in [4.78, 5) is 41.6. The van der Waals surface area contributed by atoms with E-state index in [1.807, 2.05) is 76.2 Å². The molecule has 1 fully saturated rings. The van der Waals surface area contributed by atoms with E-state index in [1.165, 1.54) is 11.3 Å². The van der Waals surface area contributed by atoms with Crippen LogP contribution in [0.2, 0.25) is 0 Å². The zero-order valence-corrected chi connectivity index (χ0v) is 22.5. The second-order valence-electron chi connectivity index (χ2n) is 10.6. The van der Waals surface area contributed by atoms with Gasteiger partial charge in [0.15, 0.2) is 0 Å². The zero-order chi connectivity index (χ0) is 26.7. The average Bonchev–Trinajstić information content (AvgIpc) is 3.30. The van der Waals surface area contributed by atoms with E-state index in [0.29, 0.717) is 41.8 Å². The van der Waals surface area contributed by atoms with Crippen LogP contribution in [0.4, 0.5) is 5.00 Å². The Balaban J connectivity index is 1.82. The number of ether oxygens (including phenoxy) is 1. The molecule has 1 heterocycles. The molecule has 7 heteroatoms. The maximum Gasteiger partial charge on any atom is 0.341 e. The van der Waals surface area contributed by atoms with Crippen molar-refractivity contribution >= 4 is 34.2 Å². The topological polar surface area (TPSA) is 83.9 Å². The van der Waals surface area contributed by atoms with Crippen LogP contribution in [0, 0.1) is 12.8 Å². The van der Waals surface area contributed by atoms with E-state index in [9.17, 15) is 19.5 Å². The molecular weight excluding hydrogens is 486 g/mol. The van der Waals surface area contributed by atoms with Crippen molar-refractivity contribution in [2.45, 2.75) is 65.0 Å². The molecule has 0 radical (unpaired) electrons. The average molecular weight is 520 g/mol. The first kappa shape index (κ1) is 26.6. The van der Waals surface area contributed by atoms with Gasteiger partial charge < -0.3 is 9.84 Å². The summed E-state index contributed by atoms with van der Waals surface area (Å²) in [6.45, 7) is 7.41. The van der Waals surface area contributed by atoms with Gasteiger partial charge in [0.2, 0.25) is 0 Å². The Morgan fingerprint density at radius 1 is 0.946 bits per heavy atom. The molecule has 194 valence electrons. The lowest BCUT2D eigenvalue weighted by molar-refractivity contribution is -0.142. The Labute approximate surface area is 221 Å². The number of carboxylic acid groups (broad SMARTS) is 1. The summed E-state index contributed by atoms with van der Waals surface area (Å²) in [6.07, 6.45) is 2.05. The number of anilines is 1. The Kier molecular flexibility index (Phi) is 7.83. The Morgan fingerprint density at radius 3 is 2.14 bits per heavy atom. The van der Waals surface area contributed by atoms with E-state index in [1.54, 1.807) is 17.0 Å². The lowest BCUT2D eigenvalue weighted by atomic mass is 9.85. The number of carboxylic acids is 1. The van der Waals surface area contributed by atoms with Gasteiger partial charge in [0.1, 0.15) is 10.6 Å². The van der Waals surface area contributed by atoms with Crippen molar-refractivity contribution in [3.63, 3.8) is 0 Å². The monoisotopic (exact) mass is 519 g/mol. The number of amides is 1. The third-order valence-electron chi connectivity index (χ3n) is 6.54. The second-order valence-corrected chi connectivity index (χ2v) is 11.6. The highest BCUT2D eigenvalue weighted by Crippen LogP contribution is 2.42. The molecule has 4 rings (SSSR count). The quantitative estimate of drug-likeness (QED) is 0.356. The smallest absolute Gasteiger partial charge is 0.341 e. The molecule has 1 aliphatic carbocycles. The predicted octanol–water partition coefficient (Wildman–Crippen LogP) is 6.97. The normalized spacial score (nSPS) is 17.7. The standard InChI is InChI=1S/C30H33NO5S/c1-19-10-12-21(13-11-19)26(32)31(23-16-14-22(15-17-23)28(33)34)27-24(29(35)36-30(2,3)4)18-25(37-27)20-8-6-5-7-9-20/h5-13,18,22-23H,14-17H2,1-4H3,(H,33,34). The first-order chi connectivity index (χ1) is 17.5. The van der Waals surface area contributed by atoms with Crippen molar-refractivity contribution in [2.24, 2.45) is 5.92 Å². The minimum Gasteiger partial charge on any atom is -0.481 e. The van der Waals surface area contributed by atoms with E-state index in [-0.39, 0.29) is 11.9 Å². The summed E-state index contributed by atoms with van der Waals surface area (Å²) in [6, 6.07) is 18.7. The van der Waals surface area contributed by atoms with Gasteiger partial charge in [0.25, 0.3) is 5.91 Å². The first-order valence-corrected chi connectivity index (χ1v) is 13.4. The van der Waals surface area contributed by atoms with Crippen LogP contribution in [0.3, 0.4) is 0 Å². The molecule has 37 heavy (non-hydrogen) atoms. The molecule has 1 N–H and O–H groups in total. The number of rotatable bonds is 6. The highest BCUT2D eigenvalue weighted by Gasteiger charge is 2.36. The lowest BCUT2D eigenvalue weighted by Gasteiger charge is -2.36. The first-order valence-electron chi connectivity index (χ1n) is 12.6. The number of aryl methyl sites for hydroxylation is 1. The number of nitrogens with zero attached hydrogens (tertiary/aromatic N) is 1. The van der Waals surface area contributed by atoms with Crippen LogP contribution in [0.5, 0.6) is 0 Å². The van der Waals surface area contributed by atoms with Crippen LogP contribution in [0.1, 0.15) is 72.7 Å². The lowest BCUT2D eigenvalue weighted by Crippen LogP contribution is -2.43. The Morgan fingerprint density at radius 2 is 1.57 bits per heavy atom. The second kappa shape index (κ2) is 10.9. The number of hydrogen-bond donors (Lipinski definition) is 1. The van der Waals surface area contributed by atoms with Crippen molar-refractivity contribution < 1.29 is 24.2 Å². The number of carbonyl (C=O) groups excluding carboxylic acids is 2. The van der Waals surface area contributed by atoms with Gasteiger partial charge in [-0.15, -0.1) is 11.3 Å². The summed E-state index contributed by atoms with van der Waals surface area (Å²) in [5.41, 5.74) is 2.16. The molecule has 1 amide bonds. The van der Waals surface area contributed by atoms with E-state index >= 15 is 0 Å². The van der Waals surface area contributed by atoms with E-state index in [2.05, 4.69) is 0 Å². The van der Waals surface area contributed by atoms with Crippen molar-refractivity contribution in [2.75, 3.05) is 4.90 Å². The fourth-order valence-electron chi connectivity index (χ4n) is 4.62. The van der Waals surface area contributed by atoms with Gasteiger partial charge in [-0.1, -0.05) is 48.0 Å². The van der Waals surface area contributed by atoms with E-state index in [4.69, 9.17) is 4.74 Å². The van der Waals surface area contributed by atoms with Crippen molar-refractivity contribution in [3.8, 4) is 10.4 Å². The third-order valence-corrected chi connectivity index (χ3v) is 7.72. The maximum absolute atomic E-state index is 14.0. The molecular formula is C30H33NO5S. The summed E-state index contributed by atoms with van der Waals surface area (Å²) in [5, 5.41) is 10.0. The fourth-order valence-corrected chi connectivity index (χ4v) is 5.85. The number of thiophene rings is 1. The summed E-state index contributed by atoms with van der Waals surface area (Å²) < 4.78 is 5.75. The van der Waals surface area contributed by atoms with Crippen molar-refractivity contribution in [1.29, 1.82) is 0 Å². The Hall–Kier alpha value is -3.45. The fraction of sp³-hybridized carbons (Fsp3) is 0.367. The van der Waals surface area contributed by atoms with Gasteiger partial charge >= 0.3 is 11.9 Å². The van der Waals surface area contributed by atoms with Crippen molar-refractivity contribution in [1.82, 2.24) is 0 Å². The maximum atomic E-state index is 14.0. The minimum absolute atomic E-state index is 0.204. The van der Waals surface area contributed by atoms with Gasteiger partial charge in [-0.2, -0.15) is 0 Å². The van der Waals surface area contributed by atoms with Gasteiger partial charge in [-0.05, 0) is 77.1 Å². The third kappa shape index (κ3) is 6.28. The largest absolute Gasteiger partial charge is 0.481 e. The van der Waals surface area contributed by atoms with E-state index in [0.717, 1.165) is 16.0 Å². The van der Waals surface area contributed by atoms with Gasteiger partial charge in [-0.25, -0.2) is 4.79 Å². The highest BCUT2D eigenvalue weighted by atomic mass is 32.1. The van der Waals surface area contributed by atoms with Crippen LogP contribution in [-0.2, 0) is 9.53 Å². The number of esters is 1. The summed E-state index contributed by atoms with van der Waals surface area (Å²) in [7, 11) is 0. The molecule has 0 unspecified atom stereocenters. The molecule has 1 aliphatic rings. The number of benzene rings is 2. The van der Waals surface area contributed by atoms with Crippen molar-refractivity contribution in [3.05, 3.63) is 77.4 Å². The molecule has 3 aromatic rings. The van der Waals surface area contributed by atoms with Gasteiger partial charge in [0, 0.05) is 16.5 Å². The van der Waals surface area contributed by atoms with Crippen LogP contribution < -0.4 is 4.90 Å². The number of carbonyl (C=O) groups is 3. The van der Waals surface area contributed by atoms with Crippen LogP contribution >= 0.6 is 11.3 Å². The molecule has 1 saturated carbocycles. The number of hydrogen-bond acceptors (Lipinski definition) is 5. The number of aliphatic carboxylic acids is 1. The van der Waals surface area contributed by atoms with Gasteiger partial charge in [-0.3, -0.25) is 14.5 Å². The molecule has 0 bridgehead atoms. The van der Waals surface area contributed by atoms with Crippen LogP contribution in [-0.4, -0.2) is 34.6 Å². The van der Waals surface area contributed by atoms with Crippen LogP contribution in [0.25, 0.3) is 10.4 Å².